The number of ether oxygens (including phenoxy) is 1. The summed E-state index contributed by atoms with van der Waals surface area (Å²) in [5.74, 6) is -5.20. The van der Waals surface area contributed by atoms with Crippen molar-refractivity contribution in [2.24, 2.45) is 0 Å². The highest BCUT2D eigenvalue weighted by atomic mass is 32.2. The van der Waals surface area contributed by atoms with E-state index in [9.17, 15) is 44.7 Å². The number of hydrogen-bond acceptors (Lipinski definition) is 5. The number of esters is 1. The third-order valence-corrected chi connectivity index (χ3v) is 4.27. The third-order valence-electron chi connectivity index (χ3n) is 3.50. The maximum Gasteiger partial charge on any atom is 0.438 e. The van der Waals surface area contributed by atoms with Crippen molar-refractivity contribution in [2.45, 2.75) is 31.8 Å². The lowest BCUT2D eigenvalue weighted by Crippen LogP contribution is -2.63. The first-order chi connectivity index (χ1) is 12.4. The van der Waals surface area contributed by atoms with E-state index in [1.165, 1.54) is 26.0 Å². The zero-order valence-corrected chi connectivity index (χ0v) is 15.0. The summed E-state index contributed by atoms with van der Waals surface area (Å²) < 4.78 is 112. The number of halogens is 6. The van der Waals surface area contributed by atoms with Crippen molar-refractivity contribution in [1.82, 2.24) is 0 Å². The monoisotopic (exact) mass is 436 g/mol. The topological polar surface area (TPSA) is 101 Å². The fraction of sp³-hybridized carbons (Fsp3) is 0.400. The fourth-order valence-electron chi connectivity index (χ4n) is 2.18. The number of alkyl halides is 6. The molecule has 0 aliphatic heterocycles. The van der Waals surface area contributed by atoms with Gasteiger partial charge < -0.3 is 9.84 Å². The summed E-state index contributed by atoms with van der Waals surface area (Å²) in [5, 5.41) is 9.60. The standard InChI is InChI=1S/C15H14F6O6S/c1-8-5-10(6-9(2)12(8)23)3-4-11(22)27-13(14(16,17)18,15(19,20)21)7-28(24,25)26/h3-6,23H,7H2,1-2H3,(H,24,25,26)/b4-3+. The van der Waals surface area contributed by atoms with E-state index in [2.05, 4.69) is 4.74 Å². The first-order valence-corrected chi connectivity index (χ1v) is 8.80. The molecule has 0 aliphatic carbocycles. The molecule has 0 unspecified atom stereocenters. The summed E-state index contributed by atoms with van der Waals surface area (Å²) in [4.78, 5) is 11.6. The quantitative estimate of drug-likeness (QED) is 0.318. The SMILES string of the molecule is Cc1cc(/C=C/C(=O)OC(CS(=O)(=O)O)(C(F)(F)F)C(F)(F)F)cc(C)c1O. The predicted molar refractivity (Wildman–Crippen MR) is 84.0 cm³/mol. The number of aryl methyl sites for hydroxylation is 2. The number of carbonyl (C=O) groups is 1. The van der Waals surface area contributed by atoms with Crippen LogP contribution in [0.1, 0.15) is 16.7 Å². The van der Waals surface area contributed by atoms with Crippen LogP contribution in [0, 0.1) is 13.8 Å². The summed E-state index contributed by atoms with van der Waals surface area (Å²) in [6.07, 6.45) is -11.7. The molecule has 13 heteroatoms. The van der Waals surface area contributed by atoms with Crippen LogP contribution in [0.4, 0.5) is 26.3 Å². The molecule has 2 N–H and O–H groups in total. The second kappa shape index (κ2) is 7.62. The van der Waals surface area contributed by atoms with Gasteiger partial charge in [0.25, 0.3) is 10.1 Å². The molecule has 158 valence electrons. The van der Waals surface area contributed by atoms with Crippen molar-refractivity contribution >= 4 is 22.2 Å². The maximum atomic E-state index is 13.1. The van der Waals surface area contributed by atoms with E-state index in [0.717, 1.165) is 6.08 Å². The minimum atomic E-state index is -6.39. The molecule has 0 spiro atoms. The average Bonchev–Trinajstić information content (AvgIpc) is 2.46. The smallest absolute Gasteiger partial charge is 0.438 e. The Morgan fingerprint density at radius 3 is 1.86 bits per heavy atom. The van der Waals surface area contributed by atoms with Gasteiger partial charge in [-0.05, 0) is 48.7 Å². The van der Waals surface area contributed by atoms with Gasteiger partial charge >= 0.3 is 23.9 Å². The van der Waals surface area contributed by atoms with Crippen molar-refractivity contribution in [3.63, 3.8) is 0 Å². The number of phenolic OH excluding ortho intramolecular Hbond substituents is 1. The zero-order chi connectivity index (χ0) is 22.1. The van der Waals surface area contributed by atoms with Crippen LogP contribution < -0.4 is 0 Å². The van der Waals surface area contributed by atoms with Crippen LogP contribution in [-0.2, 0) is 19.6 Å². The molecule has 0 radical (unpaired) electrons. The molecule has 1 aromatic rings. The van der Waals surface area contributed by atoms with Crippen LogP contribution in [0.15, 0.2) is 18.2 Å². The van der Waals surface area contributed by atoms with Crippen LogP contribution in [0.5, 0.6) is 5.75 Å². The van der Waals surface area contributed by atoms with Gasteiger partial charge in [-0.15, -0.1) is 0 Å². The molecule has 0 saturated carbocycles. The Labute approximate surface area is 155 Å². The Bertz CT molecular complexity index is 848. The maximum absolute atomic E-state index is 13.1. The molecule has 0 fully saturated rings. The molecule has 0 aromatic heterocycles. The molecule has 6 nitrogen and oxygen atoms in total. The summed E-state index contributed by atoms with van der Waals surface area (Å²) in [7, 11) is -5.85. The summed E-state index contributed by atoms with van der Waals surface area (Å²) in [6, 6.07) is 2.57. The zero-order valence-electron chi connectivity index (χ0n) is 14.2. The molecule has 0 atom stereocenters. The van der Waals surface area contributed by atoms with Gasteiger partial charge in [-0.1, -0.05) is 0 Å². The van der Waals surface area contributed by atoms with Gasteiger partial charge in [0.1, 0.15) is 11.5 Å². The molecular weight excluding hydrogens is 422 g/mol. The number of benzene rings is 1. The Morgan fingerprint density at radius 2 is 1.50 bits per heavy atom. The van der Waals surface area contributed by atoms with Gasteiger partial charge in [0.05, 0.1) is 0 Å². The Kier molecular flexibility index (Phi) is 6.47. The van der Waals surface area contributed by atoms with Crippen LogP contribution in [0.3, 0.4) is 0 Å². The number of rotatable bonds is 5. The number of carbonyl (C=O) groups excluding carboxylic acids is 1. The van der Waals surface area contributed by atoms with E-state index in [1.54, 1.807) is 0 Å². The van der Waals surface area contributed by atoms with Crippen molar-refractivity contribution < 1.29 is 54.0 Å². The Hall–Kier alpha value is -2.28. The lowest BCUT2D eigenvalue weighted by atomic mass is 10.0. The third kappa shape index (κ3) is 5.38. The molecule has 1 rings (SSSR count). The van der Waals surface area contributed by atoms with Gasteiger partial charge in [-0.3, -0.25) is 4.55 Å². The van der Waals surface area contributed by atoms with E-state index >= 15 is 0 Å². The lowest BCUT2D eigenvalue weighted by molar-refractivity contribution is -0.360. The average molecular weight is 436 g/mol. The summed E-state index contributed by atoms with van der Waals surface area (Å²) in [5.41, 5.74) is -4.68. The summed E-state index contributed by atoms with van der Waals surface area (Å²) >= 11 is 0. The van der Waals surface area contributed by atoms with Crippen molar-refractivity contribution in [3.8, 4) is 5.75 Å². The van der Waals surface area contributed by atoms with Gasteiger partial charge in [-0.2, -0.15) is 34.8 Å². The molecule has 0 bridgehead atoms. The van der Waals surface area contributed by atoms with E-state index in [4.69, 9.17) is 4.55 Å². The van der Waals surface area contributed by atoms with E-state index < -0.39 is 39.8 Å². The molecule has 0 aliphatic rings. The first kappa shape index (κ1) is 23.8. The highest BCUT2D eigenvalue weighted by molar-refractivity contribution is 7.85. The van der Waals surface area contributed by atoms with E-state index in [-0.39, 0.29) is 17.4 Å². The molecule has 0 heterocycles. The molecule has 0 saturated heterocycles. The number of hydrogen-bond donors (Lipinski definition) is 2. The van der Waals surface area contributed by atoms with Gasteiger partial charge in [0.2, 0.25) is 0 Å². The second-order valence-electron chi connectivity index (χ2n) is 5.81. The van der Waals surface area contributed by atoms with Gasteiger partial charge in [-0.25, -0.2) is 4.79 Å². The van der Waals surface area contributed by atoms with Crippen LogP contribution in [0.2, 0.25) is 0 Å². The molecule has 1 aromatic carbocycles. The largest absolute Gasteiger partial charge is 0.507 e. The van der Waals surface area contributed by atoms with Crippen molar-refractivity contribution in [2.75, 3.05) is 5.75 Å². The lowest BCUT2D eigenvalue weighted by Gasteiger charge is -2.35. The Morgan fingerprint density at radius 1 is 1.07 bits per heavy atom. The van der Waals surface area contributed by atoms with E-state index in [1.807, 2.05) is 0 Å². The van der Waals surface area contributed by atoms with E-state index in [0.29, 0.717) is 11.1 Å². The van der Waals surface area contributed by atoms with Crippen LogP contribution >= 0.6 is 0 Å². The normalized spacial score (nSPS) is 13.8. The molecule has 0 amide bonds. The predicted octanol–water partition coefficient (Wildman–Crippen LogP) is 3.32. The number of phenols is 1. The highest BCUT2D eigenvalue weighted by Gasteiger charge is 2.75. The molecule has 28 heavy (non-hydrogen) atoms. The van der Waals surface area contributed by atoms with Crippen molar-refractivity contribution in [3.05, 3.63) is 34.9 Å². The van der Waals surface area contributed by atoms with Crippen LogP contribution in [-0.4, -0.2) is 47.8 Å². The fourth-order valence-corrected chi connectivity index (χ4v) is 3.08. The minimum Gasteiger partial charge on any atom is -0.507 e. The van der Waals surface area contributed by atoms with Gasteiger partial charge in [0, 0.05) is 6.08 Å². The number of aromatic hydroxyl groups is 1. The highest BCUT2D eigenvalue weighted by Crippen LogP contribution is 2.46. The Balaban J connectivity index is 3.31. The second-order valence-corrected chi connectivity index (χ2v) is 7.26. The van der Waals surface area contributed by atoms with Gasteiger partial charge in [0.15, 0.2) is 0 Å². The summed E-state index contributed by atoms with van der Waals surface area (Å²) in [6.45, 7) is 2.92. The van der Waals surface area contributed by atoms with Crippen molar-refractivity contribution in [1.29, 1.82) is 0 Å². The molecular formula is C15H14F6O6S. The van der Waals surface area contributed by atoms with Crippen LogP contribution in [0.25, 0.3) is 6.08 Å². The first-order valence-electron chi connectivity index (χ1n) is 7.19. The minimum absolute atomic E-state index is 0.0963.